The molecule has 120 valence electrons. The van der Waals surface area contributed by atoms with Crippen molar-refractivity contribution in [2.75, 3.05) is 26.2 Å². The molecule has 3 rings (SSSR count). The van der Waals surface area contributed by atoms with E-state index < -0.39 is 0 Å². The van der Waals surface area contributed by atoms with Crippen LogP contribution in [0.2, 0.25) is 0 Å². The summed E-state index contributed by atoms with van der Waals surface area (Å²) in [6.07, 6.45) is 4.68. The molecule has 1 aromatic rings. The number of likely N-dealkylation sites (tertiary alicyclic amines) is 1. The number of nitrogens with zero attached hydrogens (tertiary/aromatic N) is 1. The molecule has 1 aromatic carbocycles. The Hall–Kier alpha value is -1.35. The molecule has 0 spiro atoms. The van der Waals surface area contributed by atoms with E-state index in [4.69, 9.17) is 0 Å². The molecule has 0 atom stereocenters. The first kappa shape index (κ1) is 15.5. The molecule has 0 aromatic heterocycles. The topological polar surface area (TPSA) is 32.3 Å². The van der Waals surface area contributed by atoms with Gasteiger partial charge in [-0.15, -0.1) is 0 Å². The van der Waals surface area contributed by atoms with Crippen molar-refractivity contribution in [1.82, 2.24) is 10.2 Å². The van der Waals surface area contributed by atoms with E-state index in [2.05, 4.69) is 37.4 Å². The van der Waals surface area contributed by atoms with Crippen LogP contribution in [0.15, 0.2) is 18.2 Å². The third-order valence-corrected chi connectivity index (χ3v) is 5.36. The number of carbonyl (C=O) groups excluding carboxylic acids is 1. The molecule has 2 aliphatic rings. The third-order valence-electron chi connectivity index (χ3n) is 5.36. The van der Waals surface area contributed by atoms with E-state index in [0.717, 1.165) is 56.1 Å². The Kier molecular flexibility index (Phi) is 4.82. The fourth-order valence-corrected chi connectivity index (χ4v) is 3.72. The summed E-state index contributed by atoms with van der Waals surface area (Å²) >= 11 is 0. The summed E-state index contributed by atoms with van der Waals surface area (Å²) in [5.41, 5.74) is 3.44. The summed E-state index contributed by atoms with van der Waals surface area (Å²) in [6, 6.07) is 6.49. The van der Waals surface area contributed by atoms with E-state index in [9.17, 15) is 4.79 Å². The Labute approximate surface area is 134 Å². The minimum absolute atomic E-state index is 0.223. The van der Waals surface area contributed by atoms with Crippen molar-refractivity contribution in [3.05, 3.63) is 34.9 Å². The second kappa shape index (κ2) is 6.82. The zero-order valence-electron chi connectivity index (χ0n) is 13.9. The maximum Gasteiger partial charge on any atom is 0.254 e. The van der Waals surface area contributed by atoms with Crippen molar-refractivity contribution in [1.29, 1.82) is 0 Å². The predicted molar refractivity (Wildman–Crippen MR) is 90.3 cm³/mol. The van der Waals surface area contributed by atoms with Crippen molar-refractivity contribution in [2.45, 2.75) is 45.4 Å². The number of nitrogens with one attached hydrogen (secondary N) is 1. The molecular formula is C19H28N2O. The molecular weight excluding hydrogens is 272 g/mol. The zero-order valence-corrected chi connectivity index (χ0v) is 13.9. The number of rotatable bonds is 2. The maximum absolute atomic E-state index is 12.7. The van der Waals surface area contributed by atoms with E-state index in [1.165, 1.54) is 18.4 Å². The van der Waals surface area contributed by atoms with Crippen molar-refractivity contribution >= 4 is 5.91 Å². The minimum atomic E-state index is 0.223. The van der Waals surface area contributed by atoms with Crippen LogP contribution in [0.3, 0.4) is 0 Å². The molecule has 3 heteroatoms. The largest absolute Gasteiger partial charge is 0.339 e. The van der Waals surface area contributed by atoms with Crippen LogP contribution in [0.25, 0.3) is 0 Å². The fourth-order valence-electron chi connectivity index (χ4n) is 3.72. The monoisotopic (exact) mass is 300 g/mol. The SMILES string of the molecule is Cc1cc(C2CCNCC2)ccc1C(=O)N1CCC(C)CC1. The summed E-state index contributed by atoms with van der Waals surface area (Å²) in [5.74, 6) is 1.63. The molecule has 0 aliphatic carbocycles. The molecule has 2 aliphatic heterocycles. The van der Waals surface area contributed by atoms with Crippen LogP contribution >= 0.6 is 0 Å². The van der Waals surface area contributed by atoms with Gasteiger partial charge >= 0.3 is 0 Å². The van der Waals surface area contributed by atoms with Gasteiger partial charge in [0.15, 0.2) is 0 Å². The highest BCUT2D eigenvalue weighted by Gasteiger charge is 2.23. The van der Waals surface area contributed by atoms with Crippen LogP contribution in [0.4, 0.5) is 0 Å². The molecule has 2 fully saturated rings. The zero-order chi connectivity index (χ0) is 15.5. The molecule has 0 radical (unpaired) electrons. The van der Waals surface area contributed by atoms with Crippen LogP contribution in [0.1, 0.15) is 60.0 Å². The van der Waals surface area contributed by atoms with Crippen LogP contribution in [-0.4, -0.2) is 37.0 Å². The van der Waals surface area contributed by atoms with Crippen LogP contribution in [-0.2, 0) is 0 Å². The van der Waals surface area contributed by atoms with E-state index in [1.807, 2.05) is 4.90 Å². The highest BCUT2D eigenvalue weighted by Crippen LogP contribution is 2.27. The number of hydrogen-bond donors (Lipinski definition) is 1. The molecule has 1 amide bonds. The van der Waals surface area contributed by atoms with Crippen LogP contribution < -0.4 is 5.32 Å². The van der Waals surface area contributed by atoms with Gasteiger partial charge in [0.25, 0.3) is 5.91 Å². The second-order valence-electron chi connectivity index (χ2n) is 7.07. The molecule has 2 heterocycles. The van der Waals surface area contributed by atoms with Crippen molar-refractivity contribution in [3.8, 4) is 0 Å². The van der Waals surface area contributed by atoms with Gasteiger partial charge in [-0.25, -0.2) is 0 Å². The number of carbonyl (C=O) groups is 1. The molecule has 0 saturated carbocycles. The fraction of sp³-hybridized carbons (Fsp3) is 0.632. The van der Waals surface area contributed by atoms with Gasteiger partial charge in [0.2, 0.25) is 0 Å². The standard InChI is InChI=1S/C19H28N2O/c1-14-7-11-21(12-8-14)19(22)18-4-3-17(13-15(18)2)16-5-9-20-10-6-16/h3-4,13-14,16,20H,5-12H2,1-2H3. The Balaban J connectivity index is 1.72. The summed E-state index contributed by atoms with van der Waals surface area (Å²) in [4.78, 5) is 14.8. The van der Waals surface area contributed by atoms with E-state index in [-0.39, 0.29) is 5.91 Å². The average Bonchev–Trinajstić information content (AvgIpc) is 2.56. The van der Waals surface area contributed by atoms with E-state index in [0.29, 0.717) is 5.92 Å². The van der Waals surface area contributed by atoms with Gasteiger partial charge in [-0.3, -0.25) is 4.79 Å². The molecule has 3 nitrogen and oxygen atoms in total. The first-order valence-corrected chi connectivity index (χ1v) is 8.75. The highest BCUT2D eigenvalue weighted by molar-refractivity contribution is 5.95. The van der Waals surface area contributed by atoms with Crippen molar-refractivity contribution in [3.63, 3.8) is 0 Å². The van der Waals surface area contributed by atoms with Crippen LogP contribution in [0.5, 0.6) is 0 Å². The molecule has 2 saturated heterocycles. The van der Waals surface area contributed by atoms with Gasteiger partial charge in [-0.2, -0.15) is 0 Å². The Morgan fingerprint density at radius 3 is 2.45 bits per heavy atom. The third kappa shape index (κ3) is 3.35. The normalized spacial score (nSPS) is 21.1. The number of piperidine rings is 2. The second-order valence-corrected chi connectivity index (χ2v) is 7.07. The minimum Gasteiger partial charge on any atom is -0.339 e. The number of hydrogen-bond acceptors (Lipinski definition) is 2. The van der Waals surface area contributed by atoms with Gasteiger partial charge < -0.3 is 10.2 Å². The lowest BCUT2D eigenvalue weighted by atomic mass is 9.88. The summed E-state index contributed by atoms with van der Waals surface area (Å²) in [6.45, 7) is 8.41. The van der Waals surface area contributed by atoms with Gasteiger partial charge in [0.1, 0.15) is 0 Å². The van der Waals surface area contributed by atoms with Gasteiger partial charge in [-0.05, 0) is 74.7 Å². The number of amides is 1. The molecule has 22 heavy (non-hydrogen) atoms. The van der Waals surface area contributed by atoms with E-state index >= 15 is 0 Å². The Morgan fingerprint density at radius 1 is 1.14 bits per heavy atom. The lowest BCUT2D eigenvalue weighted by Gasteiger charge is -2.31. The summed E-state index contributed by atoms with van der Waals surface area (Å²) < 4.78 is 0. The average molecular weight is 300 g/mol. The smallest absolute Gasteiger partial charge is 0.254 e. The molecule has 0 bridgehead atoms. The molecule has 0 unspecified atom stereocenters. The summed E-state index contributed by atoms with van der Waals surface area (Å²) in [7, 11) is 0. The number of benzene rings is 1. The number of aryl methyl sites for hydroxylation is 1. The summed E-state index contributed by atoms with van der Waals surface area (Å²) in [5, 5.41) is 3.41. The first-order valence-electron chi connectivity index (χ1n) is 8.75. The Bertz CT molecular complexity index is 526. The lowest BCUT2D eigenvalue weighted by molar-refractivity contribution is 0.0696. The van der Waals surface area contributed by atoms with E-state index in [1.54, 1.807) is 0 Å². The molecule has 1 N–H and O–H groups in total. The van der Waals surface area contributed by atoms with Crippen molar-refractivity contribution < 1.29 is 4.79 Å². The van der Waals surface area contributed by atoms with Crippen LogP contribution in [0, 0.1) is 12.8 Å². The van der Waals surface area contributed by atoms with Gasteiger partial charge in [0, 0.05) is 18.7 Å². The van der Waals surface area contributed by atoms with Crippen molar-refractivity contribution in [2.24, 2.45) is 5.92 Å². The Morgan fingerprint density at radius 2 is 1.82 bits per heavy atom. The first-order chi connectivity index (χ1) is 10.6. The quantitative estimate of drug-likeness (QED) is 0.908. The lowest BCUT2D eigenvalue weighted by Crippen LogP contribution is -2.38. The highest BCUT2D eigenvalue weighted by atomic mass is 16.2. The van der Waals surface area contributed by atoms with Gasteiger partial charge in [-0.1, -0.05) is 19.1 Å². The maximum atomic E-state index is 12.7. The predicted octanol–water partition coefficient (Wildman–Crippen LogP) is 3.33. The van der Waals surface area contributed by atoms with Gasteiger partial charge in [0.05, 0.1) is 0 Å².